The highest BCUT2D eigenvalue weighted by Crippen LogP contribution is 2.44. The Morgan fingerprint density at radius 1 is 0.500 bits per heavy atom. The molecule has 1 heterocycles. The van der Waals surface area contributed by atoms with Crippen LogP contribution in [-0.4, -0.2) is 39.7 Å². The molecule has 0 aliphatic carbocycles. The number of carbonyl (C=O) groups excluding carboxylic acids is 1. The van der Waals surface area contributed by atoms with Crippen LogP contribution in [0.5, 0.6) is 11.5 Å². The second-order valence-corrected chi connectivity index (χ2v) is 10.0. The summed E-state index contributed by atoms with van der Waals surface area (Å²) >= 11 is 0. The quantitative estimate of drug-likeness (QED) is 0.103. The Labute approximate surface area is 270 Å². The number of benzene rings is 4. The van der Waals surface area contributed by atoms with Crippen molar-refractivity contribution in [3.05, 3.63) is 101 Å². The zero-order valence-corrected chi connectivity index (χ0v) is 25.6. The molecule has 0 fully saturated rings. The molecule has 4 aromatic rings. The average Bonchev–Trinajstić information content (AvgIpc) is 3.00. The van der Waals surface area contributed by atoms with Crippen LogP contribution in [0.1, 0.15) is 13.8 Å². The molecule has 48 heavy (non-hydrogen) atoms. The van der Waals surface area contributed by atoms with Gasteiger partial charge in [0.1, 0.15) is 40.0 Å². The minimum absolute atomic E-state index is 0.122. The molecule has 0 saturated heterocycles. The first-order valence-electron chi connectivity index (χ1n) is 13.6. The minimum atomic E-state index is -0.789. The molecule has 0 aromatic heterocycles. The van der Waals surface area contributed by atoms with Gasteiger partial charge in [-0.15, -0.1) is 0 Å². The van der Waals surface area contributed by atoms with Gasteiger partial charge in [-0.3, -0.25) is 40.5 Å². The zero-order valence-electron chi connectivity index (χ0n) is 25.6. The molecule has 248 valence electrons. The average molecular weight is 663 g/mol. The first kappa shape index (κ1) is 33.8. The molecule has 1 aliphatic rings. The third-order valence-corrected chi connectivity index (χ3v) is 6.51. The van der Waals surface area contributed by atoms with E-state index in [2.05, 4.69) is 21.3 Å². The molecule has 0 saturated carbocycles. The molecule has 0 amide bonds. The summed E-state index contributed by atoms with van der Waals surface area (Å²) in [4.78, 5) is 54.1. The summed E-state index contributed by atoms with van der Waals surface area (Å²) in [5.41, 5.74) is -2.19. The Hall–Kier alpha value is -7.05. The lowest BCUT2D eigenvalue weighted by atomic mass is 10.1. The highest BCUT2D eigenvalue weighted by atomic mass is 16.6. The van der Waals surface area contributed by atoms with Crippen molar-refractivity contribution in [1.82, 2.24) is 0 Å². The van der Waals surface area contributed by atoms with E-state index in [1.54, 1.807) is 0 Å². The first-order valence-corrected chi connectivity index (χ1v) is 13.6. The number of nitro groups is 4. The van der Waals surface area contributed by atoms with Crippen LogP contribution in [0.2, 0.25) is 0 Å². The Morgan fingerprint density at radius 2 is 0.792 bits per heavy atom. The van der Waals surface area contributed by atoms with E-state index in [4.69, 9.17) is 9.47 Å². The second kappa shape index (κ2) is 13.9. The summed E-state index contributed by atoms with van der Waals surface area (Å²) in [5, 5.41) is 59.3. The molecule has 8 bridgehead atoms. The number of nitro benzene ring substituents is 4. The van der Waals surface area contributed by atoms with Crippen LogP contribution in [0.3, 0.4) is 0 Å². The Bertz CT molecular complexity index is 1840. The fourth-order valence-corrected chi connectivity index (χ4v) is 4.53. The van der Waals surface area contributed by atoms with Crippen molar-refractivity contribution in [2.45, 2.75) is 13.8 Å². The number of hydrogen-bond acceptors (Lipinski definition) is 15. The number of rotatable bonds is 6. The van der Waals surface area contributed by atoms with Crippen molar-refractivity contribution >= 4 is 74.0 Å². The summed E-state index contributed by atoms with van der Waals surface area (Å²) in [7, 11) is 2.69. The molecule has 0 radical (unpaired) electrons. The lowest BCUT2D eigenvalue weighted by molar-refractivity contribution is -0.393. The van der Waals surface area contributed by atoms with Crippen molar-refractivity contribution < 1.29 is 34.0 Å². The van der Waals surface area contributed by atoms with Gasteiger partial charge in [0.15, 0.2) is 0 Å². The maximum absolute atomic E-state index is 12.0. The third-order valence-electron chi connectivity index (χ3n) is 6.51. The van der Waals surface area contributed by atoms with E-state index >= 15 is 0 Å². The standard InChI is InChI=1S/C26H20N8O10.C3H6O/c1-43-25-5-3-13-7-19(25)29-17-9-15(21(31(35)36)11-23(17)33(39)40)28-14-4-6-26(44-2)20(8-14)30-18-10-16(27-13)22(32(37)38)12-24(18)34(41)42;1-3(2)4/h3-12,27-30H,1-2H3;1-2H3. The normalized spacial score (nSPS) is 11.1. The van der Waals surface area contributed by atoms with Crippen molar-refractivity contribution in [2.24, 2.45) is 0 Å². The summed E-state index contributed by atoms with van der Waals surface area (Å²) in [6.45, 7) is 3.06. The smallest absolute Gasteiger partial charge is 0.299 e. The van der Waals surface area contributed by atoms with Crippen LogP contribution >= 0.6 is 0 Å². The van der Waals surface area contributed by atoms with Crippen LogP contribution in [0.25, 0.3) is 0 Å². The number of nitrogens with zero attached hydrogens (tertiary/aromatic N) is 4. The van der Waals surface area contributed by atoms with Gasteiger partial charge in [-0.2, -0.15) is 0 Å². The lowest BCUT2D eigenvalue weighted by Crippen LogP contribution is -2.06. The number of anilines is 8. The number of methoxy groups -OCH3 is 2. The Kier molecular flexibility index (Phi) is 9.82. The van der Waals surface area contributed by atoms with Gasteiger partial charge in [0.05, 0.1) is 57.4 Å². The fraction of sp³-hybridized carbons (Fsp3) is 0.138. The number of ketones is 1. The van der Waals surface area contributed by atoms with Crippen molar-refractivity contribution in [3.63, 3.8) is 0 Å². The van der Waals surface area contributed by atoms with Crippen LogP contribution in [-0.2, 0) is 4.79 Å². The van der Waals surface area contributed by atoms with Gasteiger partial charge in [0.2, 0.25) is 0 Å². The van der Waals surface area contributed by atoms with Crippen LogP contribution < -0.4 is 30.7 Å². The van der Waals surface area contributed by atoms with Crippen LogP contribution in [0.4, 0.5) is 68.2 Å². The van der Waals surface area contributed by atoms with E-state index in [9.17, 15) is 45.3 Å². The highest BCUT2D eigenvalue weighted by Gasteiger charge is 2.28. The predicted octanol–water partition coefficient (Wildman–Crippen LogP) is 7.22. The number of ether oxygens (including phenoxy) is 2. The van der Waals surface area contributed by atoms with Gasteiger partial charge in [-0.25, -0.2) is 0 Å². The summed E-state index contributed by atoms with van der Waals surface area (Å²) in [6.07, 6.45) is 0. The summed E-state index contributed by atoms with van der Waals surface area (Å²) in [6, 6.07) is 12.7. The van der Waals surface area contributed by atoms with E-state index in [-0.39, 0.29) is 62.8 Å². The topological polar surface area (TPSA) is 256 Å². The SMILES string of the molecule is CC(C)=O.COc1ccc2cc1Nc1cc(c([N+](=O)[O-])cc1[N+](=O)[O-])Nc1ccc(OC)c(c1)Nc1cc(c([N+](=O)[O-])cc1[N+](=O)[O-])N2. The van der Waals surface area contributed by atoms with Gasteiger partial charge in [0.25, 0.3) is 22.7 Å². The van der Waals surface area contributed by atoms with E-state index in [1.807, 2.05) is 0 Å². The van der Waals surface area contributed by atoms with Gasteiger partial charge < -0.3 is 35.5 Å². The van der Waals surface area contributed by atoms with Crippen molar-refractivity contribution in [1.29, 1.82) is 0 Å². The zero-order chi connectivity index (χ0) is 35.3. The van der Waals surface area contributed by atoms with Crippen molar-refractivity contribution in [3.8, 4) is 11.5 Å². The van der Waals surface area contributed by atoms with Crippen LogP contribution in [0.15, 0.2) is 60.7 Å². The third kappa shape index (κ3) is 7.42. The van der Waals surface area contributed by atoms with E-state index in [1.165, 1.54) is 76.6 Å². The molecular weight excluding hydrogens is 636 g/mol. The molecule has 0 unspecified atom stereocenters. The number of nitrogens with one attached hydrogen (secondary N) is 4. The minimum Gasteiger partial charge on any atom is -0.495 e. The fourth-order valence-electron chi connectivity index (χ4n) is 4.53. The van der Waals surface area contributed by atoms with Gasteiger partial charge in [0, 0.05) is 11.4 Å². The van der Waals surface area contributed by atoms with Crippen LogP contribution in [0, 0.1) is 40.5 Å². The van der Waals surface area contributed by atoms with E-state index < -0.39 is 42.4 Å². The molecule has 0 atom stereocenters. The number of fused-ring (bicyclic) bond motifs is 8. The van der Waals surface area contributed by atoms with Gasteiger partial charge >= 0.3 is 0 Å². The molecule has 0 spiro atoms. The Balaban J connectivity index is 0.00000123. The highest BCUT2D eigenvalue weighted by molar-refractivity contribution is 5.88. The second-order valence-electron chi connectivity index (χ2n) is 10.0. The number of Topliss-reactive ketones (excluding diaryl/α,β-unsaturated/α-hetero) is 1. The lowest BCUT2D eigenvalue weighted by Gasteiger charge is -2.18. The molecular formula is C29H26N8O11. The molecule has 1 aliphatic heterocycles. The van der Waals surface area contributed by atoms with Gasteiger partial charge in [-0.05, 0) is 62.4 Å². The number of carbonyl (C=O) groups is 1. The largest absolute Gasteiger partial charge is 0.495 e. The molecule has 4 N–H and O–H groups in total. The predicted molar refractivity (Wildman–Crippen MR) is 175 cm³/mol. The monoisotopic (exact) mass is 662 g/mol. The summed E-state index contributed by atoms with van der Waals surface area (Å²) in [5.74, 6) is 0.582. The maximum Gasteiger partial charge on any atom is 0.299 e. The Morgan fingerprint density at radius 3 is 1.06 bits per heavy atom. The van der Waals surface area contributed by atoms with Crippen molar-refractivity contribution in [2.75, 3.05) is 35.5 Å². The van der Waals surface area contributed by atoms with Gasteiger partial charge in [-0.1, -0.05) is 0 Å². The number of hydrogen-bond donors (Lipinski definition) is 4. The first-order chi connectivity index (χ1) is 22.7. The molecule has 5 rings (SSSR count). The maximum atomic E-state index is 12.0. The molecule has 19 heteroatoms. The molecule has 4 aromatic carbocycles. The van der Waals surface area contributed by atoms with E-state index in [0.717, 1.165) is 12.1 Å². The molecule has 19 nitrogen and oxygen atoms in total. The summed E-state index contributed by atoms with van der Waals surface area (Å²) < 4.78 is 10.7. The van der Waals surface area contributed by atoms with E-state index in [0.29, 0.717) is 0 Å².